The summed E-state index contributed by atoms with van der Waals surface area (Å²) in [5.74, 6) is -1.83. The van der Waals surface area contributed by atoms with Gasteiger partial charge in [-0.25, -0.2) is 4.39 Å². The number of benzene rings is 1. The summed E-state index contributed by atoms with van der Waals surface area (Å²) in [6.45, 7) is 1.23. The summed E-state index contributed by atoms with van der Waals surface area (Å²) in [6, 6.07) is 2.69. The van der Waals surface area contributed by atoms with Crippen LogP contribution in [0.5, 0.6) is 0 Å². The first-order valence-electron chi connectivity index (χ1n) is 4.63. The van der Waals surface area contributed by atoms with E-state index in [0.717, 1.165) is 18.2 Å². The Morgan fingerprint density at radius 2 is 2.06 bits per heavy atom. The van der Waals surface area contributed by atoms with Crippen LogP contribution in [0.4, 0.5) is 15.8 Å². The Labute approximate surface area is 95.6 Å². The Morgan fingerprint density at radius 3 is 2.59 bits per heavy atom. The second-order valence-electron chi connectivity index (χ2n) is 3.38. The second kappa shape index (κ2) is 5.15. The van der Waals surface area contributed by atoms with Crippen molar-refractivity contribution in [2.24, 2.45) is 0 Å². The van der Waals surface area contributed by atoms with Crippen molar-refractivity contribution in [3.63, 3.8) is 0 Å². The van der Waals surface area contributed by atoms with Crippen LogP contribution in [-0.2, 0) is 9.59 Å². The Morgan fingerprint density at radius 1 is 1.41 bits per heavy atom. The molecule has 90 valence electrons. The van der Waals surface area contributed by atoms with Crippen molar-refractivity contribution in [1.29, 1.82) is 0 Å². The molecule has 6 nitrogen and oxygen atoms in total. The molecule has 0 radical (unpaired) electrons. The number of nitrogens with zero attached hydrogens (tertiary/aromatic N) is 1. The predicted molar refractivity (Wildman–Crippen MR) is 57.0 cm³/mol. The zero-order valence-corrected chi connectivity index (χ0v) is 8.90. The number of non-ortho nitro benzene ring substituents is 1. The van der Waals surface area contributed by atoms with E-state index in [1.165, 1.54) is 6.92 Å². The van der Waals surface area contributed by atoms with Gasteiger partial charge in [0, 0.05) is 6.07 Å². The minimum absolute atomic E-state index is 0.0528. The Kier molecular flexibility index (Phi) is 3.86. The highest BCUT2D eigenvalue weighted by molar-refractivity contribution is 6.03. The summed E-state index contributed by atoms with van der Waals surface area (Å²) >= 11 is 0. The Bertz CT molecular complexity index is 487. The Balaban J connectivity index is 2.88. The maximum Gasteiger partial charge on any atom is 0.274 e. The van der Waals surface area contributed by atoms with Gasteiger partial charge in [-0.3, -0.25) is 19.7 Å². The van der Waals surface area contributed by atoms with Gasteiger partial charge in [-0.2, -0.15) is 0 Å². The van der Waals surface area contributed by atoms with Crippen molar-refractivity contribution in [3.8, 4) is 0 Å². The molecule has 0 spiro atoms. The largest absolute Gasteiger partial charge is 0.325 e. The van der Waals surface area contributed by atoms with Crippen LogP contribution in [0.1, 0.15) is 13.3 Å². The number of nitro benzene ring substituents is 1. The quantitative estimate of drug-likeness (QED) is 0.492. The lowest BCUT2D eigenvalue weighted by Crippen LogP contribution is -2.14. The summed E-state index contributed by atoms with van der Waals surface area (Å²) in [4.78, 5) is 31.5. The van der Waals surface area contributed by atoms with Crippen LogP contribution in [0.2, 0.25) is 0 Å². The molecular formula is C10H9FN2O4. The molecule has 0 aliphatic carbocycles. The van der Waals surface area contributed by atoms with Gasteiger partial charge in [-0.1, -0.05) is 0 Å². The molecule has 1 amide bonds. The number of carbonyl (C=O) groups excluding carboxylic acids is 2. The van der Waals surface area contributed by atoms with Gasteiger partial charge < -0.3 is 5.32 Å². The van der Waals surface area contributed by atoms with Crippen LogP contribution < -0.4 is 5.32 Å². The molecule has 0 bridgehead atoms. The minimum atomic E-state index is -0.836. The van der Waals surface area contributed by atoms with Crippen molar-refractivity contribution in [2.45, 2.75) is 13.3 Å². The van der Waals surface area contributed by atoms with E-state index in [1.807, 2.05) is 0 Å². The highest BCUT2D eigenvalue weighted by atomic mass is 19.1. The number of carbonyl (C=O) groups is 2. The van der Waals surface area contributed by atoms with Crippen molar-refractivity contribution >= 4 is 23.1 Å². The molecule has 0 aromatic heterocycles. The van der Waals surface area contributed by atoms with Crippen molar-refractivity contribution in [2.75, 3.05) is 5.32 Å². The fraction of sp³-hybridized carbons (Fsp3) is 0.200. The number of nitro groups is 1. The van der Waals surface area contributed by atoms with Gasteiger partial charge in [0.15, 0.2) is 0 Å². The molecule has 0 fully saturated rings. The number of halogens is 1. The molecule has 7 heteroatoms. The monoisotopic (exact) mass is 240 g/mol. The van der Waals surface area contributed by atoms with E-state index in [9.17, 15) is 24.1 Å². The molecule has 1 N–H and O–H groups in total. The average Bonchev–Trinajstić information content (AvgIpc) is 2.14. The normalized spacial score (nSPS) is 9.76. The predicted octanol–water partition coefficient (Wildman–Crippen LogP) is 1.65. The molecule has 0 saturated carbocycles. The van der Waals surface area contributed by atoms with Crippen LogP contribution in [0, 0.1) is 15.9 Å². The first-order valence-corrected chi connectivity index (χ1v) is 4.63. The maximum atomic E-state index is 13.0. The molecule has 1 aromatic carbocycles. The molecule has 0 heterocycles. The van der Waals surface area contributed by atoms with Crippen LogP contribution in [-0.4, -0.2) is 16.6 Å². The molecule has 1 rings (SSSR count). The van der Waals surface area contributed by atoms with Crippen molar-refractivity contribution < 1.29 is 18.9 Å². The lowest BCUT2D eigenvalue weighted by molar-refractivity contribution is -0.385. The average molecular weight is 240 g/mol. The third-order valence-corrected chi connectivity index (χ3v) is 1.79. The van der Waals surface area contributed by atoms with E-state index in [2.05, 4.69) is 5.32 Å². The van der Waals surface area contributed by atoms with E-state index >= 15 is 0 Å². The summed E-state index contributed by atoms with van der Waals surface area (Å²) in [7, 11) is 0. The van der Waals surface area contributed by atoms with Crippen LogP contribution >= 0.6 is 0 Å². The molecule has 0 unspecified atom stereocenters. The van der Waals surface area contributed by atoms with E-state index in [4.69, 9.17) is 0 Å². The van der Waals surface area contributed by atoms with Crippen LogP contribution in [0.3, 0.4) is 0 Å². The number of ketones is 1. The standard InChI is InChI=1S/C10H9FN2O4/c1-6(14)2-10(15)12-8-3-7(11)4-9(5-8)13(16)17/h3-5H,2H2,1H3,(H,12,15). The first kappa shape index (κ1) is 12.8. The van der Waals surface area contributed by atoms with E-state index in [-0.39, 0.29) is 17.9 Å². The smallest absolute Gasteiger partial charge is 0.274 e. The fourth-order valence-corrected chi connectivity index (χ4v) is 1.18. The van der Waals surface area contributed by atoms with Gasteiger partial charge in [-0.05, 0) is 13.0 Å². The highest BCUT2D eigenvalue weighted by Crippen LogP contribution is 2.20. The third-order valence-electron chi connectivity index (χ3n) is 1.79. The van der Waals surface area contributed by atoms with Gasteiger partial charge in [0.05, 0.1) is 23.1 Å². The number of hydrogen-bond donors (Lipinski definition) is 1. The minimum Gasteiger partial charge on any atom is -0.325 e. The molecule has 0 atom stereocenters. The van der Waals surface area contributed by atoms with E-state index < -0.39 is 22.3 Å². The summed E-state index contributed by atoms with van der Waals surface area (Å²) in [5.41, 5.74) is -0.522. The lowest BCUT2D eigenvalue weighted by Gasteiger charge is -2.03. The molecule has 0 aliphatic heterocycles. The van der Waals surface area contributed by atoms with Crippen LogP contribution in [0.15, 0.2) is 18.2 Å². The first-order chi connectivity index (χ1) is 7.88. The summed E-state index contributed by atoms with van der Waals surface area (Å²) in [5, 5.41) is 12.6. The number of Topliss-reactive ketones (excluding diaryl/α,β-unsaturated/α-hetero) is 1. The molecule has 17 heavy (non-hydrogen) atoms. The number of anilines is 1. The molecule has 0 saturated heterocycles. The Hall–Kier alpha value is -2.31. The van der Waals surface area contributed by atoms with Crippen molar-refractivity contribution in [3.05, 3.63) is 34.1 Å². The number of nitrogens with one attached hydrogen (secondary N) is 1. The topological polar surface area (TPSA) is 89.3 Å². The third kappa shape index (κ3) is 3.98. The SMILES string of the molecule is CC(=O)CC(=O)Nc1cc(F)cc([N+](=O)[O-])c1. The maximum absolute atomic E-state index is 13.0. The zero-order chi connectivity index (χ0) is 13.0. The van der Waals surface area contributed by atoms with E-state index in [1.54, 1.807) is 0 Å². The summed E-state index contributed by atoms with van der Waals surface area (Å²) < 4.78 is 13.0. The zero-order valence-electron chi connectivity index (χ0n) is 8.90. The number of hydrogen-bond acceptors (Lipinski definition) is 4. The molecule has 1 aromatic rings. The fourth-order valence-electron chi connectivity index (χ4n) is 1.18. The highest BCUT2D eigenvalue weighted by Gasteiger charge is 2.12. The van der Waals surface area contributed by atoms with Gasteiger partial charge in [0.2, 0.25) is 5.91 Å². The number of amides is 1. The van der Waals surface area contributed by atoms with Gasteiger partial charge in [0.25, 0.3) is 5.69 Å². The molecular weight excluding hydrogens is 231 g/mol. The summed E-state index contributed by atoms with van der Waals surface area (Å²) in [6.07, 6.45) is -0.357. The van der Waals surface area contributed by atoms with E-state index in [0.29, 0.717) is 0 Å². The lowest BCUT2D eigenvalue weighted by atomic mass is 10.2. The van der Waals surface area contributed by atoms with Crippen molar-refractivity contribution in [1.82, 2.24) is 0 Å². The number of rotatable bonds is 4. The van der Waals surface area contributed by atoms with Gasteiger partial charge >= 0.3 is 0 Å². The molecule has 0 aliphatic rings. The van der Waals surface area contributed by atoms with Gasteiger partial charge in [0.1, 0.15) is 11.6 Å². The van der Waals surface area contributed by atoms with Gasteiger partial charge in [-0.15, -0.1) is 0 Å². The second-order valence-corrected chi connectivity index (χ2v) is 3.38. The van der Waals surface area contributed by atoms with Crippen LogP contribution in [0.25, 0.3) is 0 Å².